The zero-order chi connectivity index (χ0) is 20.4. The maximum absolute atomic E-state index is 13.3. The van der Waals surface area contributed by atoms with E-state index in [1.807, 2.05) is 38.2 Å². The first kappa shape index (κ1) is 21.9. The van der Waals surface area contributed by atoms with Gasteiger partial charge in [0.05, 0.1) is 17.7 Å². The van der Waals surface area contributed by atoms with Crippen LogP contribution in [0.25, 0.3) is 22.4 Å². The third-order valence-electron chi connectivity index (χ3n) is 4.24. The highest BCUT2D eigenvalue weighted by molar-refractivity contribution is 7.94. The van der Waals surface area contributed by atoms with Gasteiger partial charge in [-0.05, 0) is 55.5 Å². The lowest BCUT2D eigenvalue weighted by molar-refractivity contribution is -0.195. The first-order chi connectivity index (χ1) is 14.0. The molecule has 2 aromatic heterocycles. The van der Waals surface area contributed by atoms with E-state index in [1.165, 1.54) is 12.1 Å². The van der Waals surface area contributed by atoms with Crippen LogP contribution in [0.15, 0.2) is 53.4 Å². The molecule has 0 spiro atoms. The van der Waals surface area contributed by atoms with Gasteiger partial charge in [-0.1, -0.05) is 0 Å². The first-order valence-electron chi connectivity index (χ1n) is 8.59. The van der Waals surface area contributed by atoms with Crippen molar-refractivity contribution in [3.8, 4) is 11.4 Å². The summed E-state index contributed by atoms with van der Waals surface area (Å²) in [7, 11) is 1.84. The molecule has 0 unspecified atom stereocenters. The van der Waals surface area contributed by atoms with Crippen molar-refractivity contribution in [3.05, 3.63) is 60.0 Å². The summed E-state index contributed by atoms with van der Waals surface area (Å²) in [5, 5.41) is 7.77. The Labute approximate surface area is 182 Å². The average Bonchev–Trinajstić information content (AvgIpc) is 3.02. The molecule has 0 atom stereocenters. The predicted octanol–water partition coefficient (Wildman–Crippen LogP) is 4.47. The Balaban J connectivity index is 0.00000256. The van der Waals surface area contributed by atoms with Crippen LogP contribution in [0, 0.1) is 12.7 Å². The van der Waals surface area contributed by atoms with Gasteiger partial charge in [0, 0.05) is 23.2 Å². The van der Waals surface area contributed by atoms with E-state index < -0.39 is 0 Å². The molecular weight excluding hydrogens is 431 g/mol. The lowest BCUT2D eigenvalue weighted by Gasteiger charge is -2.10. The van der Waals surface area contributed by atoms with Crippen LogP contribution in [0.2, 0.25) is 0 Å². The number of aromatic nitrogens is 4. The molecule has 156 valence electrons. The first-order valence-corrected chi connectivity index (χ1v) is 9.34. The van der Waals surface area contributed by atoms with Crippen LogP contribution in [0.3, 0.4) is 0 Å². The molecule has 8 nitrogen and oxygen atoms in total. The zero-order valence-corrected chi connectivity index (χ0v) is 17.6. The van der Waals surface area contributed by atoms with E-state index in [0.29, 0.717) is 17.2 Å². The highest BCUT2D eigenvalue weighted by atomic mass is 35.5. The molecule has 2 aromatic carbocycles. The molecule has 0 aliphatic heterocycles. The minimum Gasteiger partial charge on any atom is -0.338 e. The van der Waals surface area contributed by atoms with E-state index in [9.17, 15) is 4.39 Å². The van der Waals surface area contributed by atoms with Crippen molar-refractivity contribution < 1.29 is 13.7 Å². The van der Waals surface area contributed by atoms with Crippen LogP contribution >= 0.6 is 24.4 Å². The van der Waals surface area contributed by atoms with Gasteiger partial charge in [-0.25, -0.2) is 14.4 Å². The van der Waals surface area contributed by atoms with Crippen molar-refractivity contribution in [1.82, 2.24) is 19.7 Å². The second-order valence-electron chi connectivity index (χ2n) is 6.21. The number of anilines is 2. The number of hydrogen-bond donors (Lipinski definition) is 2. The van der Waals surface area contributed by atoms with Crippen LogP contribution in [-0.2, 0) is 16.4 Å². The molecular formula is C19H18ClFN6O2S. The number of benzene rings is 2. The number of halogens is 2. The lowest BCUT2D eigenvalue weighted by atomic mass is 10.2. The van der Waals surface area contributed by atoms with E-state index in [-0.39, 0.29) is 18.2 Å². The monoisotopic (exact) mass is 448 g/mol. The minimum atomic E-state index is -0.312. The molecule has 0 radical (unpaired) electrons. The van der Waals surface area contributed by atoms with Gasteiger partial charge in [-0.2, -0.15) is 11.0 Å². The van der Waals surface area contributed by atoms with Crippen molar-refractivity contribution >= 4 is 47.0 Å². The summed E-state index contributed by atoms with van der Waals surface area (Å²) in [6, 6.07) is 13.5. The number of nitrogens with two attached hydrogens (primary N) is 1. The highest BCUT2D eigenvalue weighted by Crippen LogP contribution is 2.29. The summed E-state index contributed by atoms with van der Waals surface area (Å²) in [5.74, 6) is 5.62. The van der Waals surface area contributed by atoms with Crippen LogP contribution in [-0.4, -0.2) is 19.7 Å². The van der Waals surface area contributed by atoms with Crippen LogP contribution in [0.4, 0.5) is 15.9 Å². The van der Waals surface area contributed by atoms with E-state index in [2.05, 4.69) is 29.7 Å². The molecule has 0 fully saturated rings. The van der Waals surface area contributed by atoms with Crippen molar-refractivity contribution in [2.75, 3.05) is 5.32 Å². The SMILES string of the molecule is Cc1nn(C)c2c(Nc3ccc(SOON)cc3)nc(-c3ccc(F)cc3)nc12.Cl. The smallest absolute Gasteiger partial charge is 0.162 e. The van der Waals surface area contributed by atoms with Gasteiger partial charge in [0.25, 0.3) is 0 Å². The lowest BCUT2D eigenvalue weighted by Crippen LogP contribution is -2.02. The zero-order valence-electron chi connectivity index (χ0n) is 16.0. The van der Waals surface area contributed by atoms with E-state index in [4.69, 9.17) is 5.90 Å². The standard InChI is InChI=1S/C19H17FN6O2S.ClH/c1-11-16-17(26(2)25-11)19(22-14-7-9-15(10-8-14)29-28-27-21)24-18(23-16)12-3-5-13(20)6-4-12;/h3-10H,21H2,1-2H3,(H,22,23,24);1H. The Morgan fingerprint density at radius 1 is 1.07 bits per heavy atom. The Morgan fingerprint density at radius 3 is 2.43 bits per heavy atom. The average molecular weight is 449 g/mol. The molecule has 0 saturated heterocycles. The Kier molecular flexibility index (Phi) is 6.85. The Hall–Kier alpha value is -2.76. The molecule has 4 aromatic rings. The van der Waals surface area contributed by atoms with Gasteiger partial charge >= 0.3 is 0 Å². The van der Waals surface area contributed by atoms with Gasteiger partial charge in [0.1, 0.15) is 16.9 Å². The van der Waals surface area contributed by atoms with Crippen molar-refractivity contribution in [1.29, 1.82) is 0 Å². The quantitative estimate of drug-likeness (QED) is 0.253. The van der Waals surface area contributed by atoms with Crippen molar-refractivity contribution in [2.24, 2.45) is 12.9 Å². The minimum absolute atomic E-state index is 0. The van der Waals surface area contributed by atoms with Gasteiger partial charge < -0.3 is 5.32 Å². The number of aryl methyl sites for hydroxylation is 2. The van der Waals surface area contributed by atoms with E-state index in [0.717, 1.165) is 39.4 Å². The Bertz CT molecular complexity index is 1150. The summed E-state index contributed by atoms with van der Waals surface area (Å²) in [5.41, 5.74) is 3.80. The number of nitrogens with zero attached hydrogens (tertiary/aromatic N) is 4. The second-order valence-corrected chi connectivity index (χ2v) is 6.98. The topological polar surface area (TPSA) is 100 Å². The summed E-state index contributed by atoms with van der Waals surface area (Å²) in [6.45, 7) is 1.89. The third-order valence-corrected chi connectivity index (χ3v) is 4.85. The summed E-state index contributed by atoms with van der Waals surface area (Å²) < 4.78 is 19.7. The molecule has 0 bridgehead atoms. The molecule has 0 saturated carbocycles. The Morgan fingerprint density at radius 2 is 1.77 bits per heavy atom. The molecule has 3 N–H and O–H groups in total. The van der Waals surface area contributed by atoms with Gasteiger partial charge in [-0.15, -0.1) is 21.7 Å². The van der Waals surface area contributed by atoms with Crippen LogP contribution in [0.1, 0.15) is 5.69 Å². The predicted molar refractivity (Wildman–Crippen MR) is 116 cm³/mol. The number of nitrogens with one attached hydrogen (secondary N) is 1. The van der Waals surface area contributed by atoms with E-state index in [1.54, 1.807) is 16.8 Å². The maximum atomic E-state index is 13.3. The third kappa shape index (κ3) is 4.53. The molecule has 2 heterocycles. The summed E-state index contributed by atoms with van der Waals surface area (Å²) >= 11 is 0.999. The van der Waals surface area contributed by atoms with Crippen LogP contribution < -0.4 is 11.2 Å². The fourth-order valence-corrected chi connectivity index (χ4v) is 3.31. The van der Waals surface area contributed by atoms with Gasteiger partial charge in [0.15, 0.2) is 11.6 Å². The van der Waals surface area contributed by atoms with Gasteiger partial charge in [-0.3, -0.25) is 4.68 Å². The molecule has 0 aliphatic rings. The molecule has 11 heteroatoms. The van der Waals surface area contributed by atoms with Crippen molar-refractivity contribution in [3.63, 3.8) is 0 Å². The number of hydrogen-bond acceptors (Lipinski definition) is 8. The van der Waals surface area contributed by atoms with Gasteiger partial charge in [0.2, 0.25) is 0 Å². The molecule has 4 rings (SSSR count). The number of fused-ring (bicyclic) bond motifs is 1. The summed E-state index contributed by atoms with van der Waals surface area (Å²) in [4.78, 5) is 14.2. The van der Waals surface area contributed by atoms with Crippen molar-refractivity contribution in [2.45, 2.75) is 11.8 Å². The molecule has 30 heavy (non-hydrogen) atoms. The normalized spacial score (nSPS) is 10.8. The molecule has 0 amide bonds. The van der Waals surface area contributed by atoms with E-state index >= 15 is 0 Å². The summed E-state index contributed by atoms with van der Waals surface area (Å²) in [6.07, 6.45) is 0. The fraction of sp³-hybridized carbons (Fsp3) is 0.105. The maximum Gasteiger partial charge on any atom is 0.162 e. The number of rotatable bonds is 6. The highest BCUT2D eigenvalue weighted by Gasteiger charge is 2.16. The van der Waals surface area contributed by atoms with Crippen LogP contribution in [0.5, 0.6) is 0 Å². The molecule has 0 aliphatic carbocycles. The largest absolute Gasteiger partial charge is 0.338 e. The second kappa shape index (κ2) is 9.37. The fourth-order valence-electron chi connectivity index (χ4n) is 2.94.